The van der Waals surface area contributed by atoms with Crippen LogP contribution in [-0.2, 0) is 11.2 Å². The second-order valence-corrected chi connectivity index (χ2v) is 7.24. The molecule has 4 nitrogen and oxygen atoms in total. The number of phenols is 1. The van der Waals surface area contributed by atoms with Crippen LogP contribution in [0, 0.1) is 18.8 Å². The van der Waals surface area contributed by atoms with E-state index < -0.39 is 0 Å². The number of carbonyl (C=O) groups excluding carboxylic acids is 1. The van der Waals surface area contributed by atoms with Crippen molar-refractivity contribution in [1.29, 1.82) is 0 Å². The minimum absolute atomic E-state index is 0.101. The summed E-state index contributed by atoms with van der Waals surface area (Å²) in [7, 11) is 0. The zero-order valence-corrected chi connectivity index (χ0v) is 14.5. The summed E-state index contributed by atoms with van der Waals surface area (Å²) in [5, 5.41) is 13.5. The highest BCUT2D eigenvalue weighted by Crippen LogP contribution is 2.43. The van der Waals surface area contributed by atoms with Gasteiger partial charge in [-0.05, 0) is 30.0 Å². The van der Waals surface area contributed by atoms with Crippen molar-refractivity contribution >= 4 is 5.91 Å². The van der Waals surface area contributed by atoms with E-state index in [0.717, 1.165) is 19.6 Å². The lowest BCUT2D eigenvalue weighted by Crippen LogP contribution is -2.36. The Hall–Kier alpha value is -2.33. The highest BCUT2D eigenvalue weighted by molar-refractivity contribution is 5.80. The molecule has 0 bridgehead atoms. The summed E-state index contributed by atoms with van der Waals surface area (Å²) in [5.41, 5.74) is 3.19. The molecule has 2 saturated heterocycles. The summed E-state index contributed by atoms with van der Waals surface area (Å²) >= 11 is 0. The Labute approximate surface area is 148 Å². The summed E-state index contributed by atoms with van der Waals surface area (Å²) in [6, 6.07) is 15.6. The molecule has 0 aliphatic carbocycles. The number of phenolic OH excluding ortho intramolecular Hbond substituents is 1. The first-order valence-electron chi connectivity index (χ1n) is 8.97. The minimum atomic E-state index is 0.101. The van der Waals surface area contributed by atoms with Gasteiger partial charge in [0.15, 0.2) is 0 Å². The van der Waals surface area contributed by atoms with E-state index in [1.165, 1.54) is 11.1 Å². The van der Waals surface area contributed by atoms with E-state index in [1.807, 2.05) is 23.1 Å². The second-order valence-electron chi connectivity index (χ2n) is 7.24. The number of rotatable bonds is 3. The van der Waals surface area contributed by atoms with E-state index in [-0.39, 0.29) is 24.1 Å². The first kappa shape index (κ1) is 16.2. The number of nitrogens with zero attached hydrogens (tertiary/aromatic N) is 1. The van der Waals surface area contributed by atoms with Gasteiger partial charge in [-0.2, -0.15) is 0 Å². The summed E-state index contributed by atoms with van der Waals surface area (Å²) < 4.78 is 0. The number of aryl methyl sites for hydroxylation is 1. The molecule has 0 aromatic heterocycles. The quantitative estimate of drug-likeness (QED) is 0.906. The fraction of sp³-hybridized carbons (Fsp3) is 0.381. The Kier molecular flexibility index (Phi) is 4.22. The number of carbonyl (C=O) groups is 1. The number of nitrogens with one attached hydrogen (secondary N) is 1. The van der Waals surface area contributed by atoms with Crippen LogP contribution in [0.25, 0.3) is 0 Å². The van der Waals surface area contributed by atoms with Crippen molar-refractivity contribution in [3.63, 3.8) is 0 Å². The van der Waals surface area contributed by atoms with E-state index in [0.29, 0.717) is 17.4 Å². The third-order valence-corrected chi connectivity index (χ3v) is 5.73. The monoisotopic (exact) mass is 336 g/mol. The van der Waals surface area contributed by atoms with Gasteiger partial charge >= 0.3 is 0 Å². The maximum Gasteiger partial charge on any atom is 0.227 e. The minimum Gasteiger partial charge on any atom is -0.508 e. The van der Waals surface area contributed by atoms with Crippen molar-refractivity contribution in [3.8, 4) is 5.75 Å². The van der Waals surface area contributed by atoms with Crippen LogP contribution in [0.2, 0.25) is 0 Å². The van der Waals surface area contributed by atoms with Gasteiger partial charge in [-0.1, -0.05) is 42.5 Å². The van der Waals surface area contributed by atoms with Gasteiger partial charge in [0.25, 0.3) is 0 Å². The molecule has 4 rings (SSSR count). The number of likely N-dealkylation sites (tertiary alicyclic amines) is 1. The lowest BCUT2D eigenvalue weighted by Gasteiger charge is -2.30. The van der Waals surface area contributed by atoms with Crippen molar-refractivity contribution in [1.82, 2.24) is 10.2 Å². The molecule has 0 saturated carbocycles. The normalized spacial score (nSPS) is 25.2. The maximum absolute atomic E-state index is 13.1. The molecule has 0 unspecified atom stereocenters. The number of hydrogen-bond donors (Lipinski definition) is 2. The lowest BCUT2D eigenvalue weighted by atomic mass is 9.87. The number of benzene rings is 2. The Balaban J connectivity index is 1.64. The van der Waals surface area contributed by atoms with Gasteiger partial charge < -0.3 is 15.3 Å². The maximum atomic E-state index is 13.1. The number of amides is 1. The fourth-order valence-corrected chi connectivity index (χ4v) is 4.42. The first-order valence-corrected chi connectivity index (χ1v) is 8.97. The molecule has 130 valence electrons. The third kappa shape index (κ3) is 2.91. The average Bonchev–Trinajstić information content (AvgIpc) is 3.18. The molecule has 2 heterocycles. The smallest absolute Gasteiger partial charge is 0.227 e. The average molecular weight is 336 g/mol. The fourth-order valence-electron chi connectivity index (χ4n) is 4.42. The standard InChI is InChI=1S/C21H24N2O2/c1-14-6-2-4-8-17(14)21-18-12-22-11-16(18)13-23(21)20(25)10-15-7-3-5-9-19(15)24/h2-9,16,18,21-22,24H,10-13H2,1H3/t16-,18-,21-/m0/s1. The van der Waals surface area contributed by atoms with Crippen molar-refractivity contribution in [2.24, 2.45) is 11.8 Å². The van der Waals surface area contributed by atoms with E-state index in [4.69, 9.17) is 0 Å². The molecule has 2 aromatic carbocycles. The molecule has 2 aliphatic rings. The molecule has 25 heavy (non-hydrogen) atoms. The van der Waals surface area contributed by atoms with Crippen LogP contribution in [0.4, 0.5) is 0 Å². The first-order chi connectivity index (χ1) is 12.1. The van der Waals surface area contributed by atoms with Crippen molar-refractivity contribution in [2.45, 2.75) is 19.4 Å². The molecule has 2 fully saturated rings. The lowest BCUT2D eigenvalue weighted by molar-refractivity contribution is -0.132. The highest BCUT2D eigenvalue weighted by Gasteiger charge is 2.46. The van der Waals surface area contributed by atoms with E-state index in [1.54, 1.807) is 12.1 Å². The molecular formula is C21H24N2O2. The number of aromatic hydroxyl groups is 1. The van der Waals surface area contributed by atoms with Gasteiger partial charge in [-0.25, -0.2) is 0 Å². The molecule has 1 amide bonds. The predicted molar refractivity (Wildman–Crippen MR) is 97.3 cm³/mol. The second kappa shape index (κ2) is 6.52. The molecule has 2 N–H and O–H groups in total. The van der Waals surface area contributed by atoms with Crippen LogP contribution >= 0.6 is 0 Å². The van der Waals surface area contributed by atoms with E-state index >= 15 is 0 Å². The Morgan fingerprint density at radius 2 is 1.92 bits per heavy atom. The summed E-state index contributed by atoms with van der Waals surface area (Å²) in [5.74, 6) is 1.28. The highest BCUT2D eigenvalue weighted by atomic mass is 16.3. The van der Waals surface area contributed by atoms with Crippen molar-refractivity contribution in [2.75, 3.05) is 19.6 Å². The van der Waals surface area contributed by atoms with Gasteiger partial charge in [0.2, 0.25) is 5.91 Å². The van der Waals surface area contributed by atoms with Gasteiger partial charge in [0.1, 0.15) is 5.75 Å². The van der Waals surface area contributed by atoms with Crippen LogP contribution < -0.4 is 5.32 Å². The van der Waals surface area contributed by atoms with Gasteiger partial charge in [-0.15, -0.1) is 0 Å². The van der Waals surface area contributed by atoms with Crippen molar-refractivity contribution in [3.05, 3.63) is 65.2 Å². The Morgan fingerprint density at radius 3 is 2.72 bits per heavy atom. The SMILES string of the molecule is Cc1ccccc1[C@H]1[C@H]2CNC[C@H]2CN1C(=O)Cc1ccccc1O. The molecular weight excluding hydrogens is 312 g/mol. The van der Waals surface area contributed by atoms with Crippen LogP contribution in [-0.4, -0.2) is 35.5 Å². The van der Waals surface area contributed by atoms with Gasteiger partial charge in [0, 0.05) is 31.1 Å². The van der Waals surface area contributed by atoms with Gasteiger partial charge in [-0.3, -0.25) is 4.79 Å². The van der Waals surface area contributed by atoms with Gasteiger partial charge in [0.05, 0.1) is 12.5 Å². The summed E-state index contributed by atoms with van der Waals surface area (Å²) in [6.07, 6.45) is 0.252. The van der Waals surface area contributed by atoms with E-state index in [9.17, 15) is 9.90 Å². The molecule has 3 atom stereocenters. The third-order valence-electron chi connectivity index (χ3n) is 5.73. The molecule has 4 heteroatoms. The number of fused-ring (bicyclic) bond motifs is 1. The largest absolute Gasteiger partial charge is 0.508 e. The number of para-hydroxylation sites is 1. The molecule has 2 aromatic rings. The number of hydrogen-bond acceptors (Lipinski definition) is 3. The van der Waals surface area contributed by atoms with Crippen LogP contribution in [0.3, 0.4) is 0 Å². The zero-order valence-electron chi connectivity index (χ0n) is 14.5. The molecule has 0 spiro atoms. The van der Waals surface area contributed by atoms with Crippen molar-refractivity contribution < 1.29 is 9.90 Å². The Bertz CT molecular complexity index is 789. The van der Waals surface area contributed by atoms with Crippen LogP contribution in [0.15, 0.2) is 48.5 Å². The Morgan fingerprint density at radius 1 is 1.16 bits per heavy atom. The zero-order chi connectivity index (χ0) is 17.4. The van der Waals surface area contributed by atoms with Crippen LogP contribution in [0.1, 0.15) is 22.7 Å². The predicted octanol–water partition coefficient (Wildman–Crippen LogP) is 2.66. The summed E-state index contributed by atoms with van der Waals surface area (Å²) in [6.45, 7) is 4.86. The molecule has 2 aliphatic heterocycles. The van der Waals surface area contributed by atoms with E-state index in [2.05, 4.69) is 30.4 Å². The topological polar surface area (TPSA) is 52.6 Å². The summed E-state index contributed by atoms with van der Waals surface area (Å²) in [4.78, 5) is 15.1. The van der Waals surface area contributed by atoms with Crippen LogP contribution in [0.5, 0.6) is 5.75 Å². The molecule has 0 radical (unpaired) electrons.